The second-order valence-electron chi connectivity index (χ2n) is 27.0. The van der Waals surface area contributed by atoms with E-state index in [1.807, 2.05) is 13.8 Å². The second kappa shape index (κ2) is 33.0. The van der Waals surface area contributed by atoms with Gasteiger partial charge in [-0.3, -0.25) is 48.6 Å². The van der Waals surface area contributed by atoms with Gasteiger partial charge < -0.3 is 78.9 Å². The van der Waals surface area contributed by atoms with E-state index in [0.717, 1.165) is 26.8 Å². The Bertz CT molecular complexity index is 4120. The number of imide groups is 1. The van der Waals surface area contributed by atoms with Gasteiger partial charge in [-0.05, 0) is 85.9 Å². The normalized spacial score (nSPS) is 22.5. The number of carboxylic acid groups (broad SMARTS) is 1. The van der Waals surface area contributed by atoms with Crippen LogP contribution in [-0.4, -0.2) is 211 Å². The first-order valence-electron chi connectivity index (χ1n) is 34.1. The van der Waals surface area contributed by atoms with Crippen LogP contribution >= 0.6 is 0 Å². The zero-order valence-electron chi connectivity index (χ0n) is 58.3. The van der Waals surface area contributed by atoms with Crippen molar-refractivity contribution in [1.82, 2.24) is 20.0 Å². The largest absolute Gasteiger partial charge is 0.493 e. The predicted molar refractivity (Wildman–Crippen MR) is 367 cm³/mol. The number of aryl methyl sites for hydroxylation is 1. The highest BCUT2D eigenvalue weighted by molar-refractivity contribution is 6.13. The SMILES string of the molecule is C=C1C[C@H]2[C@H](O)N(C(=O)OCc3ccc(CC(=O)[C@H](C)NC(=O)[C@@H](CC(=O)CCCCCN4C(=O)C=CC4=O)C(C)C)cc3)c3cc(OCCCOc4cc5c(cc4OC)C(=O)N4CC(=C)C[C@H]4[C@H](O)N5C(=O)OCc4ccc(O[C@@H]5O[C@H](C(=O)O)[C@@H](O)[C@H](O)[C@H]5O)c([N+](=O)[O-])c4)c(C)cc3C(=O)N2C1. The number of carbonyl (C=O) groups is 10. The number of Topliss-reactive ketones (excluding diaryl/α,β-unsaturated/α-hetero) is 2. The van der Waals surface area contributed by atoms with Crippen molar-refractivity contribution in [2.24, 2.45) is 11.8 Å². The highest BCUT2D eigenvalue weighted by Gasteiger charge is 2.51. The molecule has 7 N–H and O–H groups in total. The number of hydrogen-bond acceptors (Lipinski definition) is 24. The first kappa shape index (κ1) is 77.0. The number of anilines is 2. The summed E-state index contributed by atoms with van der Waals surface area (Å²) in [5, 5.41) is 79.4. The fourth-order valence-electron chi connectivity index (χ4n) is 13.3. The van der Waals surface area contributed by atoms with Gasteiger partial charge in [0, 0.05) is 81.6 Å². The predicted octanol–water partition coefficient (Wildman–Crippen LogP) is 4.86. The third-order valence-electron chi connectivity index (χ3n) is 19.1. The molecule has 3 fully saturated rings. The molecule has 11 atom stereocenters. The lowest BCUT2D eigenvalue weighted by atomic mass is 9.88. The number of nitro groups is 1. The maximum atomic E-state index is 14.4. The Hall–Kier alpha value is -10.6. The van der Waals surface area contributed by atoms with Crippen LogP contribution in [0.2, 0.25) is 0 Å². The molecule has 0 spiro atoms. The van der Waals surface area contributed by atoms with Gasteiger partial charge in [-0.1, -0.05) is 74.9 Å². The number of unbranched alkanes of at least 4 members (excludes halogenated alkanes) is 2. The molecule has 10 rings (SSSR count). The van der Waals surface area contributed by atoms with Crippen LogP contribution in [0.3, 0.4) is 0 Å². The van der Waals surface area contributed by atoms with Crippen molar-refractivity contribution in [2.75, 3.05) is 49.8 Å². The maximum Gasteiger partial charge on any atom is 0.416 e. The molecule has 0 aliphatic carbocycles. The van der Waals surface area contributed by atoms with Crippen molar-refractivity contribution in [2.45, 2.75) is 160 Å². The molecule has 0 unspecified atom stereocenters. The zero-order valence-corrected chi connectivity index (χ0v) is 58.3. The molecule has 0 bridgehead atoms. The first-order chi connectivity index (χ1) is 49.9. The number of nitrogens with zero attached hydrogens (tertiary/aromatic N) is 6. The average Bonchev–Trinajstić information content (AvgIpc) is 1.63. The minimum absolute atomic E-state index is 0.00172. The van der Waals surface area contributed by atoms with Crippen LogP contribution in [0.5, 0.6) is 23.0 Å². The van der Waals surface area contributed by atoms with E-state index in [4.69, 9.17) is 33.2 Å². The summed E-state index contributed by atoms with van der Waals surface area (Å²) < 4.78 is 40.2. The summed E-state index contributed by atoms with van der Waals surface area (Å²) in [5.41, 5.74) is 1.83. The Labute approximate surface area is 602 Å². The summed E-state index contributed by atoms with van der Waals surface area (Å²) in [6, 6.07) is 12.7. The molecule has 32 heteroatoms. The van der Waals surface area contributed by atoms with Crippen molar-refractivity contribution in [3.8, 4) is 23.0 Å². The Balaban J connectivity index is 0.766. The van der Waals surface area contributed by atoms with E-state index < -0.39 is 126 Å². The smallest absolute Gasteiger partial charge is 0.416 e. The van der Waals surface area contributed by atoms with Crippen molar-refractivity contribution in [3.05, 3.63) is 147 Å². The lowest BCUT2D eigenvalue weighted by Gasteiger charge is -2.38. The molecule has 4 aromatic rings. The van der Waals surface area contributed by atoms with E-state index in [2.05, 4.69) is 18.5 Å². The van der Waals surface area contributed by atoms with Gasteiger partial charge in [0.2, 0.25) is 12.2 Å². The number of hydrogen-bond donors (Lipinski definition) is 7. The van der Waals surface area contributed by atoms with E-state index >= 15 is 0 Å². The van der Waals surface area contributed by atoms with E-state index in [-0.39, 0.29) is 153 Å². The fourth-order valence-corrected chi connectivity index (χ4v) is 13.3. The molecule has 32 nitrogen and oxygen atoms in total. The van der Waals surface area contributed by atoms with Crippen LogP contribution < -0.4 is 34.1 Å². The zero-order chi connectivity index (χ0) is 76.0. The van der Waals surface area contributed by atoms with Gasteiger partial charge in [0.05, 0.1) is 65.9 Å². The number of benzene rings is 4. The van der Waals surface area contributed by atoms with Gasteiger partial charge in [-0.15, -0.1) is 0 Å². The fraction of sp³-hybridized carbons (Fsp3) is 0.452. The second-order valence-corrected chi connectivity index (χ2v) is 27.0. The van der Waals surface area contributed by atoms with Crippen molar-refractivity contribution in [3.63, 3.8) is 0 Å². The molecule has 7 amide bonds. The van der Waals surface area contributed by atoms with E-state index in [1.54, 1.807) is 44.2 Å². The van der Waals surface area contributed by atoms with Crippen LogP contribution in [0.15, 0.2) is 103 Å². The summed E-state index contributed by atoms with van der Waals surface area (Å²) in [6.45, 7) is 14.2. The third-order valence-corrected chi connectivity index (χ3v) is 19.1. The van der Waals surface area contributed by atoms with Crippen LogP contribution in [0.4, 0.5) is 26.7 Å². The van der Waals surface area contributed by atoms with Crippen molar-refractivity contribution >= 4 is 76.3 Å². The van der Waals surface area contributed by atoms with Crippen LogP contribution in [-0.2, 0) is 62.6 Å². The van der Waals surface area contributed by atoms with Crippen LogP contribution in [0.25, 0.3) is 0 Å². The summed E-state index contributed by atoms with van der Waals surface area (Å²) in [5.74, 6) is -5.54. The van der Waals surface area contributed by atoms with Gasteiger partial charge in [0.15, 0.2) is 41.6 Å². The number of fused-ring (bicyclic) bond motifs is 4. The number of aliphatic carboxylic acids is 1. The Morgan fingerprint density at radius 3 is 1.80 bits per heavy atom. The van der Waals surface area contributed by atoms with E-state index in [1.165, 1.54) is 53.3 Å². The number of methoxy groups -OCH3 is 1. The number of nitro benzene ring substituents is 1. The number of amides is 7. The first-order valence-corrected chi connectivity index (χ1v) is 34.1. The standard InChI is InChI=1S/C73H83N7O25/c1-37(2)46(29-45(81)12-9-8-10-21-75-59(83)19-20-60(75)84)65(88)74-41(6)54(82)28-42-13-15-43(16-14-42)35-102-72(95)78-49-31-56(40(5)26-47(49)66(89)76-33-38(3)24-52(76)68(78)91)100-22-11-23-101-58-32-50-48(30-57(58)99-7)67(90)77-34-39(4)25-53(77)69(92)79(50)73(96)103-36-44-17-18-55(51(27-44)80(97)98)104-71-63(87)61(85)62(86)64(105-71)70(93)94/h13-20,26-27,30-32,37,41,46,52-53,61-64,68-69,71,85-87,91-92H,3-4,8-12,21-25,28-29,33-36H2,1-2,5-7H3,(H,74,88)(H,93,94)/t41-,46-,52-,53-,61-,62-,63+,64-,68-,69-,71+/m0/s1. The number of ether oxygens (including phenoxy) is 7. The Morgan fingerprint density at radius 1 is 0.676 bits per heavy atom. The maximum absolute atomic E-state index is 14.4. The number of ketones is 2. The number of carboxylic acids is 1. The van der Waals surface area contributed by atoms with Crippen molar-refractivity contribution in [1.29, 1.82) is 0 Å². The van der Waals surface area contributed by atoms with E-state index in [9.17, 15) is 88.7 Å². The van der Waals surface area contributed by atoms with Gasteiger partial charge in [-0.25, -0.2) is 24.2 Å². The van der Waals surface area contributed by atoms with Gasteiger partial charge >= 0.3 is 23.8 Å². The summed E-state index contributed by atoms with van der Waals surface area (Å²) in [7, 11) is 1.32. The topological polar surface area (TPSA) is 428 Å². The molecule has 105 heavy (non-hydrogen) atoms. The molecule has 0 saturated carbocycles. The molecular formula is C73H83N7O25. The number of aliphatic hydroxyl groups excluding tert-OH is 5. The Kier molecular flexibility index (Phi) is 24.2. The van der Waals surface area contributed by atoms with E-state index in [0.29, 0.717) is 47.1 Å². The van der Waals surface area contributed by atoms with Gasteiger partial charge in [-0.2, -0.15) is 0 Å². The Morgan fingerprint density at radius 2 is 1.23 bits per heavy atom. The molecular weight excluding hydrogens is 1370 g/mol. The molecule has 6 heterocycles. The molecule has 0 aromatic heterocycles. The summed E-state index contributed by atoms with van der Waals surface area (Å²) >= 11 is 0. The number of carbonyl (C=O) groups excluding carboxylic acids is 9. The number of aliphatic hydroxyl groups is 5. The number of nitrogens with one attached hydrogen (secondary N) is 1. The highest BCUT2D eigenvalue weighted by Crippen LogP contribution is 2.44. The molecule has 6 aliphatic heterocycles. The summed E-state index contributed by atoms with van der Waals surface area (Å²) in [4.78, 5) is 150. The molecule has 3 saturated heterocycles. The monoisotopic (exact) mass is 1460 g/mol. The molecule has 6 aliphatic rings. The molecule has 0 radical (unpaired) electrons. The van der Waals surface area contributed by atoms with Crippen LogP contribution in [0.1, 0.15) is 115 Å². The molecule has 560 valence electrons. The highest BCUT2D eigenvalue weighted by atomic mass is 16.7. The molecule has 4 aromatic carbocycles. The average molecular weight is 1460 g/mol. The summed E-state index contributed by atoms with van der Waals surface area (Å²) in [6.07, 6.45) is -11.1. The third kappa shape index (κ3) is 17.1. The van der Waals surface area contributed by atoms with Gasteiger partial charge in [0.25, 0.3) is 23.6 Å². The minimum Gasteiger partial charge on any atom is -0.493 e. The van der Waals surface area contributed by atoms with Crippen LogP contribution in [0, 0.1) is 28.9 Å². The van der Waals surface area contributed by atoms with Gasteiger partial charge in [0.1, 0.15) is 43.1 Å². The quantitative estimate of drug-likeness (QED) is 0.0125. The minimum atomic E-state index is -2.07. The lowest BCUT2D eigenvalue weighted by Crippen LogP contribution is -2.61. The lowest BCUT2D eigenvalue weighted by molar-refractivity contribution is -0.387. The number of rotatable bonds is 29. The van der Waals surface area contributed by atoms with Crippen molar-refractivity contribution < 1.29 is 117 Å².